The van der Waals surface area contributed by atoms with Gasteiger partial charge in [0.25, 0.3) is 0 Å². The molecule has 1 saturated heterocycles. The first-order valence-corrected chi connectivity index (χ1v) is 7.72. The van der Waals surface area contributed by atoms with Gasteiger partial charge in [0.15, 0.2) is 0 Å². The van der Waals surface area contributed by atoms with E-state index in [-0.39, 0.29) is 0 Å². The van der Waals surface area contributed by atoms with Crippen LogP contribution in [-0.4, -0.2) is 40.5 Å². The zero-order chi connectivity index (χ0) is 13.7. The summed E-state index contributed by atoms with van der Waals surface area (Å²) in [5.41, 5.74) is 0. The van der Waals surface area contributed by atoms with Crippen LogP contribution in [0.5, 0.6) is 0 Å². The largest absolute Gasteiger partial charge is 0.347 e. The van der Waals surface area contributed by atoms with E-state index in [2.05, 4.69) is 41.0 Å². The first-order valence-electron chi connectivity index (χ1n) is 7.72. The molecule has 0 bridgehead atoms. The minimum Gasteiger partial charge on any atom is -0.347 e. The summed E-state index contributed by atoms with van der Waals surface area (Å²) in [4.78, 5) is 10.2. The molecule has 108 valence electrons. The number of hydrogen-bond acceptors (Lipinski definition) is 3. The van der Waals surface area contributed by atoms with Crippen LogP contribution < -0.4 is 5.32 Å². The van der Waals surface area contributed by atoms with Crippen molar-refractivity contribution < 1.29 is 0 Å². The van der Waals surface area contributed by atoms with Crippen LogP contribution in [0.2, 0.25) is 0 Å². The Morgan fingerprint density at radius 2 is 2.16 bits per heavy atom. The monoisotopic (exact) mass is 264 g/mol. The zero-order valence-corrected chi connectivity index (χ0v) is 12.5. The highest BCUT2D eigenvalue weighted by atomic mass is 15.1. The predicted octanol–water partition coefficient (Wildman–Crippen LogP) is 2.57. The van der Waals surface area contributed by atoms with Crippen LogP contribution in [0.4, 0.5) is 0 Å². The van der Waals surface area contributed by atoms with Gasteiger partial charge in [-0.15, -0.1) is 0 Å². The van der Waals surface area contributed by atoms with Gasteiger partial charge in [-0.3, -0.25) is 0 Å². The Hall–Kier alpha value is -0.870. The molecule has 4 heteroatoms. The van der Waals surface area contributed by atoms with Gasteiger partial charge in [0.1, 0.15) is 5.82 Å². The number of nitrogens with zero attached hydrogens (tertiary/aromatic N) is 2. The second-order valence-corrected chi connectivity index (χ2v) is 5.66. The first-order chi connectivity index (χ1) is 9.24. The summed E-state index contributed by atoms with van der Waals surface area (Å²) in [5, 5.41) is 3.76. The van der Waals surface area contributed by atoms with Gasteiger partial charge < -0.3 is 15.2 Å². The molecular formula is C15H28N4. The third-order valence-corrected chi connectivity index (χ3v) is 4.51. The zero-order valence-electron chi connectivity index (χ0n) is 12.5. The lowest BCUT2D eigenvalue weighted by molar-refractivity contribution is 0.163. The number of likely N-dealkylation sites (tertiary alicyclic amines) is 1. The molecule has 1 fully saturated rings. The van der Waals surface area contributed by atoms with E-state index in [0.717, 1.165) is 18.2 Å². The fourth-order valence-electron chi connectivity index (χ4n) is 3.08. The molecule has 0 spiro atoms. The maximum absolute atomic E-state index is 4.38. The molecule has 2 N–H and O–H groups in total. The molecular weight excluding hydrogens is 236 g/mol. The molecule has 2 unspecified atom stereocenters. The average molecular weight is 264 g/mol. The highest BCUT2D eigenvalue weighted by Crippen LogP contribution is 2.23. The molecule has 1 aliphatic rings. The van der Waals surface area contributed by atoms with Crippen LogP contribution >= 0.6 is 0 Å². The van der Waals surface area contributed by atoms with E-state index in [9.17, 15) is 0 Å². The molecule has 19 heavy (non-hydrogen) atoms. The summed E-state index contributed by atoms with van der Waals surface area (Å²) >= 11 is 0. The number of piperidine rings is 1. The van der Waals surface area contributed by atoms with Gasteiger partial charge in [-0.25, -0.2) is 4.98 Å². The number of nitrogens with one attached hydrogen (secondary N) is 2. The number of aromatic nitrogens is 2. The van der Waals surface area contributed by atoms with Gasteiger partial charge in [-0.2, -0.15) is 0 Å². The van der Waals surface area contributed by atoms with Crippen molar-refractivity contribution in [1.29, 1.82) is 0 Å². The lowest BCUT2D eigenvalue weighted by Gasteiger charge is -2.35. The van der Waals surface area contributed by atoms with E-state index in [1.54, 1.807) is 0 Å². The third kappa shape index (κ3) is 3.80. The van der Waals surface area contributed by atoms with E-state index in [4.69, 9.17) is 0 Å². The molecule has 0 aromatic carbocycles. The SMILES string of the molecule is CCC(NC(C)C1CCN(CC)CC1)c1ncc[nH]1. The molecule has 0 radical (unpaired) electrons. The van der Waals surface area contributed by atoms with Crippen LogP contribution in [0.15, 0.2) is 12.4 Å². The van der Waals surface area contributed by atoms with E-state index in [0.29, 0.717) is 12.1 Å². The molecule has 1 aromatic rings. The van der Waals surface area contributed by atoms with Gasteiger partial charge in [0, 0.05) is 18.4 Å². The summed E-state index contributed by atoms with van der Waals surface area (Å²) in [6.07, 6.45) is 7.45. The molecule has 2 rings (SSSR count). The van der Waals surface area contributed by atoms with Crippen molar-refractivity contribution in [3.8, 4) is 0 Å². The lowest BCUT2D eigenvalue weighted by Crippen LogP contribution is -2.43. The third-order valence-electron chi connectivity index (χ3n) is 4.51. The second kappa shape index (κ2) is 7.06. The highest BCUT2D eigenvalue weighted by molar-refractivity contribution is 4.96. The average Bonchev–Trinajstić information content (AvgIpc) is 2.98. The normalized spacial score (nSPS) is 21.4. The maximum atomic E-state index is 4.38. The fraction of sp³-hybridized carbons (Fsp3) is 0.800. The van der Waals surface area contributed by atoms with E-state index < -0.39 is 0 Å². The quantitative estimate of drug-likeness (QED) is 0.830. The summed E-state index contributed by atoms with van der Waals surface area (Å²) in [7, 11) is 0. The van der Waals surface area contributed by atoms with Crippen molar-refractivity contribution in [1.82, 2.24) is 20.2 Å². The lowest BCUT2D eigenvalue weighted by atomic mass is 9.89. The van der Waals surface area contributed by atoms with Gasteiger partial charge in [-0.1, -0.05) is 13.8 Å². The predicted molar refractivity (Wildman–Crippen MR) is 79.1 cm³/mol. The second-order valence-electron chi connectivity index (χ2n) is 5.66. The molecule has 0 saturated carbocycles. The van der Waals surface area contributed by atoms with Crippen LogP contribution in [0, 0.1) is 5.92 Å². The van der Waals surface area contributed by atoms with Crippen LogP contribution in [0.1, 0.15) is 51.9 Å². The van der Waals surface area contributed by atoms with Crippen LogP contribution in [-0.2, 0) is 0 Å². The van der Waals surface area contributed by atoms with Crippen molar-refractivity contribution in [2.75, 3.05) is 19.6 Å². The van der Waals surface area contributed by atoms with Crippen LogP contribution in [0.3, 0.4) is 0 Å². The van der Waals surface area contributed by atoms with Gasteiger partial charge in [-0.05, 0) is 51.7 Å². The smallest absolute Gasteiger partial charge is 0.123 e. The highest BCUT2D eigenvalue weighted by Gasteiger charge is 2.25. The summed E-state index contributed by atoms with van der Waals surface area (Å²) < 4.78 is 0. The molecule has 4 nitrogen and oxygen atoms in total. The van der Waals surface area contributed by atoms with Crippen LogP contribution in [0.25, 0.3) is 0 Å². The Morgan fingerprint density at radius 1 is 1.42 bits per heavy atom. The van der Waals surface area contributed by atoms with Crippen molar-refractivity contribution in [2.24, 2.45) is 5.92 Å². The molecule has 1 aliphatic heterocycles. The van der Waals surface area contributed by atoms with Crippen molar-refractivity contribution in [2.45, 2.75) is 52.1 Å². The molecule has 0 aliphatic carbocycles. The Bertz CT molecular complexity index is 341. The Balaban J connectivity index is 1.85. The molecule has 2 heterocycles. The molecule has 2 atom stereocenters. The number of H-pyrrole nitrogens is 1. The van der Waals surface area contributed by atoms with E-state index >= 15 is 0 Å². The number of aromatic amines is 1. The minimum absolute atomic E-state index is 0.356. The van der Waals surface area contributed by atoms with Crippen molar-refractivity contribution in [3.05, 3.63) is 18.2 Å². The Labute approximate surface area is 117 Å². The standard InChI is InChI=1S/C15H28N4/c1-4-14(15-16-8-9-17-15)18-12(3)13-6-10-19(5-2)11-7-13/h8-9,12-14,18H,4-7,10-11H2,1-3H3,(H,16,17). The Kier molecular flexibility index (Phi) is 5.40. The number of imidazole rings is 1. The van der Waals surface area contributed by atoms with E-state index in [1.165, 1.54) is 32.5 Å². The summed E-state index contributed by atoms with van der Waals surface area (Å²) in [5.74, 6) is 1.87. The Morgan fingerprint density at radius 3 is 2.68 bits per heavy atom. The van der Waals surface area contributed by atoms with Crippen molar-refractivity contribution >= 4 is 0 Å². The summed E-state index contributed by atoms with van der Waals surface area (Å²) in [6, 6.07) is 0.920. The number of rotatable bonds is 6. The minimum atomic E-state index is 0.356. The topological polar surface area (TPSA) is 44.0 Å². The van der Waals surface area contributed by atoms with Gasteiger partial charge in [0.2, 0.25) is 0 Å². The first kappa shape index (κ1) is 14.5. The number of hydrogen-bond donors (Lipinski definition) is 2. The van der Waals surface area contributed by atoms with Crippen molar-refractivity contribution in [3.63, 3.8) is 0 Å². The molecule has 1 aromatic heterocycles. The maximum Gasteiger partial charge on any atom is 0.123 e. The fourth-order valence-corrected chi connectivity index (χ4v) is 3.08. The van der Waals surface area contributed by atoms with Gasteiger partial charge >= 0.3 is 0 Å². The van der Waals surface area contributed by atoms with Gasteiger partial charge in [0.05, 0.1) is 6.04 Å². The molecule has 0 amide bonds. The summed E-state index contributed by atoms with van der Waals surface area (Å²) in [6.45, 7) is 10.5. The van der Waals surface area contributed by atoms with E-state index in [1.807, 2.05) is 12.4 Å².